The van der Waals surface area contributed by atoms with Crippen molar-refractivity contribution in [2.75, 3.05) is 19.4 Å². The van der Waals surface area contributed by atoms with Gasteiger partial charge in [0.25, 0.3) is 5.91 Å². The molecule has 2 aliphatic heterocycles. The van der Waals surface area contributed by atoms with Gasteiger partial charge in [0.1, 0.15) is 23.6 Å². The van der Waals surface area contributed by atoms with Crippen molar-refractivity contribution in [3.05, 3.63) is 59.4 Å². The second-order valence-corrected chi connectivity index (χ2v) is 11.3. The Hall–Kier alpha value is -2.43. The van der Waals surface area contributed by atoms with Crippen LogP contribution < -0.4 is 4.72 Å². The summed E-state index contributed by atoms with van der Waals surface area (Å²) in [7, 11) is -3.59. The molecule has 3 fully saturated rings. The zero-order valence-corrected chi connectivity index (χ0v) is 19.4. The highest BCUT2D eigenvalue weighted by atomic mass is 32.2. The lowest BCUT2D eigenvalue weighted by atomic mass is 9.91. The van der Waals surface area contributed by atoms with E-state index in [2.05, 4.69) is 4.72 Å². The van der Waals surface area contributed by atoms with Gasteiger partial charge < -0.3 is 9.64 Å². The van der Waals surface area contributed by atoms with Crippen LogP contribution in [0.15, 0.2) is 36.4 Å². The van der Waals surface area contributed by atoms with Crippen molar-refractivity contribution in [3.63, 3.8) is 0 Å². The Morgan fingerprint density at radius 1 is 1.18 bits per heavy atom. The number of amides is 1. The van der Waals surface area contributed by atoms with E-state index in [4.69, 9.17) is 4.74 Å². The third-order valence-corrected chi connectivity index (χ3v) is 7.78. The number of nitrogens with zero attached hydrogens (tertiary/aromatic N) is 1. The van der Waals surface area contributed by atoms with Crippen LogP contribution in [-0.4, -0.2) is 56.8 Å². The van der Waals surface area contributed by atoms with Crippen molar-refractivity contribution in [1.29, 1.82) is 0 Å². The van der Waals surface area contributed by atoms with Crippen LogP contribution in [0.1, 0.15) is 24.8 Å². The molecule has 0 bridgehead atoms. The van der Waals surface area contributed by atoms with E-state index in [0.717, 1.165) is 31.2 Å². The molecule has 1 spiro atoms. The molecule has 182 valence electrons. The molecule has 2 heterocycles. The number of benzene rings is 2. The molecule has 5 rings (SSSR count). The average molecular weight is 495 g/mol. The van der Waals surface area contributed by atoms with Crippen LogP contribution in [0.2, 0.25) is 0 Å². The summed E-state index contributed by atoms with van der Waals surface area (Å²) in [5.41, 5.74) is -0.0590. The first-order chi connectivity index (χ1) is 16.1. The molecule has 0 radical (unpaired) electrons. The van der Waals surface area contributed by atoms with E-state index < -0.39 is 45.7 Å². The second kappa shape index (κ2) is 8.35. The largest absolute Gasteiger partial charge is 0.368 e. The number of carbonyl (C=O) groups is 1. The molecule has 10 heteroatoms. The first-order valence-corrected chi connectivity index (χ1v) is 13.1. The van der Waals surface area contributed by atoms with E-state index in [1.807, 2.05) is 0 Å². The standard InChI is InChI=1S/C24H25F3N2O4S/c1-34(31,32)28-22-19(29(13-24(22)6-7-24)23(30)20-5-8-33-20)11-14-3-2-4-18(21(14)27)15-9-16(25)12-17(26)10-15/h2-4,9-10,12,19-20,22,28H,5-8,11,13H2,1H3/t19-,20+,22+/m0/s1. The van der Waals surface area contributed by atoms with Crippen molar-refractivity contribution in [2.45, 2.75) is 43.9 Å². The Balaban J connectivity index is 1.51. The van der Waals surface area contributed by atoms with E-state index in [9.17, 15) is 22.0 Å². The molecule has 3 atom stereocenters. The fourth-order valence-electron chi connectivity index (χ4n) is 5.19. The van der Waals surface area contributed by atoms with Crippen molar-refractivity contribution in [3.8, 4) is 11.1 Å². The maximum Gasteiger partial charge on any atom is 0.252 e. The van der Waals surface area contributed by atoms with Crippen LogP contribution in [-0.2, 0) is 26.0 Å². The Morgan fingerprint density at radius 3 is 2.41 bits per heavy atom. The first kappa shape index (κ1) is 23.3. The molecule has 0 aromatic heterocycles. The van der Waals surface area contributed by atoms with E-state index >= 15 is 4.39 Å². The monoisotopic (exact) mass is 494 g/mol. The summed E-state index contributed by atoms with van der Waals surface area (Å²) < 4.78 is 75.5. The number of hydrogen-bond acceptors (Lipinski definition) is 4. The molecule has 3 aliphatic rings. The number of likely N-dealkylation sites (tertiary alicyclic amines) is 1. The molecule has 2 aromatic rings. The van der Waals surface area contributed by atoms with Gasteiger partial charge in [-0.05, 0) is 42.5 Å². The number of ether oxygens (including phenoxy) is 1. The second-order valence-electron chi connectivity index (χ2n) is 9.55. The Labute approximate surface area is 196 Å². The van der Waals surface area contributed by atoms with Gasteiger partial charge in [0.15, 0.2) is 0 Å². The van der Waals surface area contributed by atoms with Gasteiger partial charge in [-0.25, -0.2) is 26.3 Å². The van der Waals surface area contributed by atoms with Crippen molar-refractivity contribution >= 4 is 15.9 Å². The zero-order chi connectivity index (χ0) is 24.3. The lowest BCUT2D eigenvalue weighted by Crippen LogP contribution is -2.53. The average Bonchev–Trinajstić information content (AvgIpc) is 3.42. The number of halogens is 3. The Kier molecular flexibility index (Phi) is 5.73. The summed E-state index contributed by atoms with van der Waals surface area (Å²) >= 11 is 0. The fourth-order valence-corrected chi connectivity index (χ4v) is 6.05. The van der Waals surface area contributed by atoms with E-state index in [1.165, 1.54) is 6.07 Å². The van der Waals surface area contributed by atoms with Crippen LogP contribution in [0.5, 0.6) is 0 Å². The molecule has 2 saturated heterocycles. The highest BCUT2D eigenvalue weighted by Gasteiger charge is 2.61. The van der Waals surface area contributed by atoms with E-state index in [1.54, 1.807) is 17.0 Å². The number of carbonyl (C=O) groups excluding carboxylic acids is 1. The maximum absolute atomic E-state index is 15.6. The Bertz CT molecular complexity index is 1220. The summed E-state index contributed by atoms with van der Waals surface area (Å²) in [6.45, 7) is 0.867. The zero-order valence-electron chi connectivity index (χ0n) is 18.6. The van der Waals surface area contributed by atoms with Crippen LogP contribution in [0, 0.1) is 22.9 Å². The molecule has 34 heavy (non-hydrogen) atoms. The summed E-state index contributed by atoms with van der Waals surface area (Å²) in [5.74, 6) is -2.51. The lowest BCUT2D eigenvalue weighted by molar-refractivity contribution is -0.157. The third kappa shape index (κ3) is 4.34. The van der Waals surface area contributed by atoms with E-state index in [0.29, 0.717) is 25.6 Å². The molecule has 1 N–H and O–H groups in total. The molecule has 1 amide bonds. The predicted octanol–water partition coefficient (Wildman–Crippen LogP) is 3.01. The molecule has 0 unspecified atom stereocenters. The highest BCUT2D eigenvalue weighted by molar-refractivity contribution is 7.88. The normalized spacial score (nSPS) is 25.4. The topological polar surface area (TPSA) is 75.7 Å². The van der Waals surface area contributed by atoms with Gasteiger partial charge in [-0.15, -0.1) is 0 Å². The maximum atomic E-state index is 15.6. The number of sulfonamides is 1. The fraction of sp³-hybridized carbons (Fsp3) is 0.458. The summed E-state index contributed by atoms with van der Waals surface area (Å²) in [6, 6.07) is 6.19. The molecule has 6 nitrogen and oxygen atoms in total. The summed E-state index contributed by atoms with van der Waals surface area (Å²) in [6.07, 6.45) is 2.66. The number of rotatable bonds is 6. The first-order valence-electron chi connectivity index (χ1n) is 11.2. The van der Waals surface area contributed by atoms with Gasteiger partial charge in [0.2, 0.25) is 10.0 Å². The molecular formula is C24H25F3N2O4S. The lowest BCUT2D eigenvalue weighted by Gasteiger charge is -2.34. The van der Waals surface area contributed by atoms with Gasteiger partial charge in [0.05, 0.1) is 18.9 Å². The van der Waals surface area contributed by atoms with Gasteiger partial charge in [-0.3, -0.25) is 4.79 Å². The minimum Gasteiger partial charge on any atom is -0.368 e. The van der Waals surface area contributed by atoms with Crippen molar-refractivity contribution in [2.24, 2.45) is 5.41 Å². The third-order valence-electron chi connectivity index (χ3n) is 7.10. The molecule has 2 aromatic carbocycles. The highest BCUT2D eigenvalue weighted by Crippen LogP contribution is 2.56. The molecule has 1 saturated carbocycles. The SMILES string of the molecule is CS(=O)(=O)N[C@@H]1[C@H](Cc2cccc(-c3cc(F)cc(F)c3)c2F)N(C(=O)[C@H]2CCO2)CC12CC2. The molecular weight excluding hydrogens is 469 g/mol. The van der Waals surface area contributed by atoms with Gasteiger partial charge >= 0.3 is 0 Å². The number of nitrogens with one attached hydrogen (secondary N) is 1. The van der Waals surface area contributed by atoms with Crippen molar-refractivity contribution in [1.82, 2.24) is 9.62 Å². The van der Waals surface area contributed by atoms with Gasteiger partial charge in [0, 0.05) is 36.1 Å². The Morgan fingerprint density at radius 2 is 1.85 bits per heavy atom. The quantitative estimate of drug-likeness (QED) is 0.670. The summed E-state index contributed by atoms with van der Waals surface area (Å²) in [4.78, 5) is 14.8. The predicted molar refractivity (Wildman–Crippen MR) is 119 cm³/mol. The van der Waals surface area contributed by atoms with Crippen molar-refractivity contribution < 1.29 is 31.1 Å². The summed E-state index contributed by atoms with van der Waals surface area (Å²) in [5, 5.41) is 0. The van der Waals surface area contributed by atoms with E-state index in [-0.39, 0.29) is 34.4 Å². The minimum atomic E-state index is -3.59. The number of hydrogen-bond donors (Lipinski definition) is 1. The minimum absolute atomic E-state index is 0.0304. The smallest absolute Gasteiger partial charge is 0.252 e. The van der Waals surface area contributed by atoms with Crippen LogP contribution in [0.3, 0.4) is 0 Å². The van der Waals surface area contributed by atoms with Crippen LogP contribution >= 0.6 is 0 Å². The van der Waals surface area contributed by atoms with Crippen LogP contribution in [0.25, 0.3) is 11.1 Å². The van der Waals surface area contributed by atoms with Gasteiger partial charge in [-0.1, -0.05) is 18.2 Å². The molecule has 1 aliphatic carbocycles. The van der Waals surface area contributed by atoms with Gasteiger partial charge in [-0.2, -0.15) is 0 Å². The van der Waals surface area contributed by atoms with Crippen LogP contribution in [0.4, 0.5) is 13.2 Å².